The van der Waals surface area contributed by atoms with Crippen LogP contribution in [0.5, 0.6) is 17.2 Å². The standard InChI is InChI=1S/C22H19BrN2O4/c23-18-6-11-21(26)17(12-18)13-24-25-22(27)15-29-20-9-7-19(8-10-20)28-14-16-4-2-1-3-5-16/h1-13,26H,14-15H2,(H,25,27)/b24-13-. The first-order chi connectivity index (χ1) is 14.1. The molecular weight excluding hydrogens is 436 g/mol. The van der Waals surface area contributed by atoms with Crippen LogP contribution >= 0.6 is 15.9 Å². The van der Waals surface area contributed by atoms with E-state index in [1.807, 2.05) is 30.3 Å². The average molecular weight is 455 g/mol. The fourth-order valence-electron chi connectivity index (χ4n) is 2.36. The van der Waals surface area contributed by atoms with Gasteiger partial charge in [0, 0.05) is 10.0 Å². The number of ether oxygens (including phenoxy) is 2. The number of amides is 1. The molecule has 0 atom stereocenters. The summed E-state index contributed by atoms with van der Waals surface area (Å²) in [7, 11) is 0. The number of hydrogen-bond donors (Lipinski definition) is 2. The molecular formula is C22H19BrN2O4. The van der Waals surface area contributed by atoms with Gasteiger partial charge in [0.05, 0.1) is 6.21 Å². The van der Waals surface area contributed by atoms with Gasteiger partial charge in [0.15, 0.2) is 6.61 Å². The minimum atomic E-state index is -0.417. The molecule has 148 valence electrons. The van der Waals surface area contributed by atoms with E-state index in [1.165, 1.54) is 12.3 Å². The smallest absolute Gasteiger partial charge is 0.277 e. The second-order valence-electron chi connectivity index (χ2n) is 6.03. The summed E-state index contributed by atoms with van der Waals surface area (Å²) in [6, 6.07) is 21.8. The second kappa shape index (κ2) is 10.3. The Morgan fingerprint density at radius 1 is 1.00 bits per heavy atom. The van der Waals surface area contributed by atoms with Gasteiger partial charge in [-0.2, -0.15) is 5.10 Å². The van der Waals surface area contributed by atoms with Gasteiger partial charge in [-0.3, -0.25) is 4.79 Å². The summed E-state index contributed by atoms with van der Waals surface area (Å²) in [6.07, 6.45) is 1.36. The molecule has 0 aliphatic heterocycles. The molecule has 0 saturated heterocycles. The second-order valence-corrected chi connectivity index (χ2v) is 6.95. The number of nitrogens with zero attached hydrogens (tertiary/aromatic N) is 1. The number of halogens is 1. The minimum Gasteiger partial charge on any atom is -0.507 e. The highest BCUT2D eigenvalue weighted by molar-refractivity contribution is 9.10. The highest BCUT2D eigenvalue weighted by Gasteiger charge is 2.03. The summed E-state index contributed by atoms with van der Waals surface area (Å²) in [5, 5.41) is 13.5. The van der Waals surface area contributed by atoms with E-state index in [4.69, 9.17) is 9.47 Å². The molecule has 3 aromatic rings. The zero-order valence-electron chi connectivity index (χ0n) is 15.4. The Hall–Kier alpha value is -3.32. The van der Waals surface area contributed by atoms with E-state index >= 15 is 0 Å². The first kappa shape index (κ1) is 20.4. The normalized spacial score (nSPS) is 10.7. The minimum absolute atomic E-state index is 0.0667. The Morgan fingerprint density at radius 2 is 1.69 bits per heavy atom. The Balaban J connectivity index is 1.43. The molecule has 29 heavy (non-hydrogen) atoms. The van der Waals surface area contributed by atoms with E-state index in [-0.39, 0.29) is 12.4 Å². The average Bonchev–Trinajstić information content (AvgIpc) is 2.75. The van der Waals surface area contributed by atoms with Crippen LogP contribution in [0, 0.1) is 0 Å². The molecule has 0 saturated carbocycles. The van der Waals surface area contributed by atoms with Crippen molar-refractivity contribution in [2.75, 3.05) is 6.61 Å². The number of phenolic OH excluding ortho intramolecular Hbond substituents is 1. The molecule has 0 spiro atoms. The number of carbonyl (C=O) groups excluding carboxylic acids is 1. The van der Waals surface area contributed by atoms with Crippen molar-refractivity contribution in [2.45, 2.75) is 6.61 Å². The maximum atomic E-state index is 11.8. The van der Waals surface area contributed by atoms with Crippen molar-refractivity contribution < 1.29 is 19.4 Å². The molecule has 7 heteroatoms. The van der Waals surface area contributed by atoms with Gasteiger partial charge in [-0.1, -0.05) is 46.3 Å². The quantitative estimate of drug-likeness (QED) is 0.393. The van der Waals surface area contributed by atoms with Gasteiger partial charge in [-0.05, 0) is 48.0 Å². The predicted octanol–water partition coefficient (Wildman–Crippen LogP) is 4.26. The number of benzene rings is 3. The number of hydrogen-bond acceptors (Lipinski definition) is 5. The van der Waals surface area contributed by atoms with Gasteiger partial charge in [0.2, 0.25) is 0 Å². The zero-order chi connectivity index (χ0) is 20.5. The van der Waals surface area contributed by atoms with Crippen LogP contribution in [0.15, 0.2) is 82.4 Å². The third kappa shape index (κ3) is 6.65. The lowest BCUT2D eigenvalue weighted by molar-refractivity contribution is -0.123. The van der Waals surface area contributed by atoms with Gasteiger partial charge in [0.25, 0.3) is 5.91 Å². The Kier molecular flexibility index (Phi) is 7.24. The monoisotopic (exact) mass is 454 g/mol. The molecule has 0 unspecified atom stereocenters. The molecule has 0 fully saturated rings. The largest absolute Gasteiger partial charge is 0.507 e. The van der Waals surface area contributed by atoms with E-state index in [0.29, 0.717) is 23.7 Å². The topological polar surface area (TPSA) is 80.2 Å². The number of nitrogens with one attached hydrogen (secondary N) is 1. The molecule has 0 heterocycles. The maximum Gasteiger partial charge on any atom is 0.277 e. The van der Waals surface area contributed by atoms with Crippen LogP contribution in [0.3, 0.4) is 0 Å². The highest BCUT2D eigenvalue weighted by atomic mass is 79.9. The maximum absolute atomic E-state index is 11.8. The summed E-state index contributed by atoms with van der Waals surface area (Å²) < 4.78 is 11.9. The van der Waals surface area contributed by atoms with Crippen LogP contribution in [-0.2, 0) is 11.4 Å². The summed E-state index contributed by atoms with van der Waals surface area (Å²) in [5.41, 5.74) is 3.92. The molecule has 1 amide bonds. The van der Waals surface area contributed by atoms with Crippen LogP contribution in [0.4, 0.5) is 0 Å². The zero-order valence-corrected chi connectivity index (χ0v) is 17.0. The first-order valence-corrected chi connectivity index (χ1v) is 9.59. The first-order valence-electron chi connectivity index (χ1n) is 8.80. The molecule has 3 aromatic carbocycles. The molecule has 0 bridgehead atoms. The fourth-order valence-corrected chi connectivity index (χ4v) is 2.74. The Labute approximate surface area is 176 Å². The van der Waals surface area contributed by atoms with Gasteiger partial charge in [-0.25, -0.2) is 5.43 Å². The number of carbonyl (C=O) groups is 1. The van der Waals surface area contributed by atoms with Crippen molar-refractivity contribution in [3.05, 3.63) is 88.4 Å². The molecule has 0 aliphatic rings. The van der Waals surface area contributed by atoms with E-state index < -0.39 is 5.91 Å². The van der Waals surface area contributed by atoms with E-state index in [0.717, 1.165) is 10.0 Å². The van der Waals surface area contributed by atoms with E-state index in [1.54, 1.807) is 36.4 Å². The molecule has 6 nitrogen and oxygen atoms in total. The Bertz CT molecular complexity index is 976. The van der Waals surface area contributed by atoms with Crippen molar-refractivity contribution in [3.8, 4) is 17.2 Å². The number of rotatable bonds is 8. The van der Waals surface area contributed by atoms with Crippen LogP contribution in [0.2, 0.25) is 0 Å². The molecule has 3 rings (SSSR count). The van der Waals surface area contributed by atoms with E-state index in [9.17, 15) is 9.90 Å². The summed E-state index contributed by atoms with van der Waals surface area (Å²) >= 11 is 3.31. The number of phenols is 1. The van der Waals surface area contributed by atoms with Crippen LogP contribution in [0.1, 0.15) is 11.1 Å². The fraction of sp³-hybridized carbons (Fsp3) is 0.0909. The van der Waals surface area contributed by atoms with Crippen LogP contribution < -0.4 is 14.9 Å². The van der Waals surface area contributed by atoms with Gasteiger partial charge in [0.1, 0.15) is 23.9 Å². The van der Waals surface area contributed by atoms with Gasteiger partial charge in [-0.15, -0.1) is 0 Å². The predicted molar refractivity (Wildman–Crippen MR) is 114 cm³/mol. The van der Waals surface area contributed by atoms with Gasteiger partial charge >= 0.3 is 0 Å². The Morgan fingerprint density at radius 3 is 2.41 bits per heavy atom. The molecule has 2 N–H and O–H groups in total. The summed E-state index contributed by atoms with van der Waals surface area (Å²) in [4.78, 5) is 11.8. The molecule has 0 aliphatic carbocycles. The SMILES string of the molecule is O=C(COc1ccc(OCc2ccccc2)cc1)N/N=C\c1cc(Br)ccc1O. The number of aromatic hydroxyl groups is 1. The van der Waals surface area contributed by atoms with Crippen molar-refractivity contribution in [2.24, 2.45) is 5.10 Å². The summed E-state index contributed by atoms with van der Waals surface area (Å²) in [6.45, 7) is 0.293. The lowest BCUT2D eigenvalue weighted by Gasteiger charge is -2.08. The van der Waals surface area contributed by atoms with Crippen molar-refractivity contribution in [1.82, 2.24) is 5.43 Å². The lowest BCUT2D eigenvalue weighted by atomic mass is 10.2. The lowest BCUT2D eigenvalue weighted by Crippen LogP contribution is -2.24. The highest BCUT2D eigenvalue weighted by Crippen LogP contribution is 2.20. The third-order valence-corrected chi connectivity index (χ3v) is 4.32. The van der Waals surface area contributed by atoms with E-state index in [2.05, 4.69) is 26.5 Å². The molecule has 0 radical (unpaired) electrons. The van der Waals surface area contributed by atoms with Gasteiger partial charge < -0.3 is 14.6 Å². The van der Waals surface area contributed by atoms with Crippen LogP contribution in [-0.4, -0.2) is 23.8 Å². The van der Waals surface area contributed by atoms with Crippen molar-refractivity contribution in [3.63, 3.8) is 0 Å². The third-order valence-electron chi connectivity index (χ3n) is 3.82. The number of hydrazone groups is 1. The summed E-state index contributed by atoms with van der Waals surface area (Å²) in [5.74, 6) is 0.905. The molecule has 0 aromatic heterocycles. The van der Waals surface area contributed by atoms with Crippen LogP contribution in [0.25, 0.3) is 0 Å². The van der Waals surface area contributed by atoms with Crippen molar-refractivity contribution >= 4 is 28.1 Å². The van der Waals surface area contributed by atoms with Crippen molar-refractivity contribution in [1.29, 1.82) is 0 Å².